The summed E-state index contributed by atoms with van der Waals surface area (Å²) < 4.78 is 5.63. The summed E-state index contributed by atoms with van der Waals surface area (Å²) in [6.07, 6.45) is 1.82. The van der Waals surface area contributed by atoms with E-state index in [4.69, 9.17) is 10.3 Å². The van der Waals surface area contributed by atoms with Gasteiger partial charge in [-0.3, -0.25) is 10.8 Å². The highest BCUT2D eigenvalue weighted by Crippen LogP contribution is 2.25. The lowest BCUT2D eigenvalue weighted by Gasteiger charge is -2.14. The molecule has 96 valence electrons. The lowest BCUT2D eigenvalue weighted by atomic mass is 10.1. The molecule has 1 atom stereocenters. The van der Waals surface area contributed by atoms with E-state index in [1.54, 1.807) is 0 Å². The highest BCUT2D eigenvalue weighted by atomic mass is 16.3. The second-order valence-corrected chi connectivity index (χ2v) is 4.51. The highest BCUT2D eigenvalue weighted by Gasteiger charge is 2.16. The van der Waals surface area contributed by atoms with Gasteiger partial charge in [0.25, 0.3) is 0 Å². The zero-order chi connectivity index (χ0) is 13.2. The van der Waals surface area contributed by atoms with Gasteiger partial charge in [0.2, 0.25) is 0 Å². The van der Waals surface area contributed by atoms with Crippen LogP contribution in [-0.4, -0.2) is 4.98 Å². The molecule has 3 N–H and O–H groups in total. The fraction of sp³-hybridized carbons (Fsp3) is 0.133. The summed E-state index contributed by atoms with van der Waals surface area (Å²) >= 11 is 0. The Balaban J connectivity index is 2.06. The first-order chi connectivity index (χ1) is 9.28. The zero-order valence-corrected chi connectivity index (χ0v) is 10.6. The van der Waals surface area contributed by atoms with Crippen LogP contribution in [0.1, 0.15) is 23.1 Å². The number of furan rings is 1. The topological polar surface area (TPSA) is 64.1 Å². The molecule has 1 aromatic carbocycles. The summed E-state index contributed by atoms with van der Waals surface area (Å²) in [4.78, 5) is 4.45. The maximum atomic E-state index is 5.65. The van der Waals surface area contributed by atoms with Crippen LogP contribution >= 0.6 is 0 Å². The van der Waals surface area contributed by atoms with Crippen molar-refractivity contribution in [3.63, 3.8) is 0 Å². The molecule has 0 aliphatic heterocycles. The van der Waals surface area contributed by atoms with E-state index in [1.165, 1.54) is 0 Å². The largest absolute Gasteiger partial charge is 0.464 e. The average Bonchev–Trinajstić information content (AvgIpc) is 2.86. The van der Waals surface area contributed by atoms with Gasteiger partial charge in [-0.05, 0) is 36.8 Å². The normalized spacial score (nSPS) is 12.7. The lowest BCUT2D eigenvalue weighted by molar-refractivity contribution is 0.434. The van der Waals surface area contributed by atoms with Crippen molar-refractivity contribution in [3.05, 3.63) is 65.7 Å². The zero-order valence-electron chi connectivity index (χ0n) is 10.6. The number of nitrogens with zero attached hydrogens (tertiary/aromatic N) is 1. The fourth-order valence-corrected chi connectivity index (χ4v) is 2.20. The van der Waals surface area contributed by atoms with Crippen LogP contribution in [0.2, 0.25) is 0 Å². The first-order valence-electron chi connectivity index (χ1n) is 6.15. The molecule has 0 radical (unpaired) electrons. The van der Waals surface area contributed by atoms with Crippen molar-refractivity contribution in [2.24, 2.45) is 5.84 Å². The van der Waals surface area contributed by atoms with Crippen molar-refractivity contribution in [1.29, 1.82) is 0 Å². The maximum absolute atomic E-state index is 5.65. The molecule has 0 fully saturated rings. The third-order valence-corrected chi connectivity index (χ3v) is 3.16. The molecule has 2 aromatic heterocycles. The van der Waals surface area contributed by atoms with E-state index in [2.05, 4.69) is 16.5 Å². The predicted molar refractivity (Wildman–Crippen MR) is 74.4 cm³/mol. The van der Waals surface area contributed by atoms with Crippen molar-refractivity contribution in [2.75, 3.05) is 0 Å². The highest BCUT2D eigenvalue weighted by molar-refractivity contribution is 5.78. The third kappa shape index (κ3) is 2.23. The van der Waals surface area contributed by atoms with E-state index in [1.807, 2.05) is 49.5 Å². The Morgan fingerprint density at radius 3 is 2.79 bits per heavy atom. The van der Waals surface area contributed by atoms with Crippen molar-refractivity contribution < 1.29 is 4.42 Å². The number of fused-ring (bicyclic) bond motifs is 1. The molecule has 19 heavy (non-hydrogen) atoms. The summed E-state index contributed by atoms with van der Waals surface area (Å²) in [5, 5.41) is 1.09. The molecule has 0 saturated heterocycles. The monoisotopic (exact) mass is 253 g/mol. The quantitative estimate of drug-likeness (QED) is 0.556. The van der Waals surface area contributed by atoms with Crippen molar-refractivity contribution in [2.45, 2.75) is 13.0 Å². The molecular formula is C15H15N3O. The van der Waals surface area contributed by atoms with E-state index in [9.17, 15) is 0 Å². The molecule has 0 amide bonds. The molecule has 0 saturated carbocycles. The molecule has 2 heterocycles. The number of rotatable bonds is 3. The standard InChI is InChI=1S/C15H15N3O/c1-10-6-7-14(19-10)15(18-16)12-8-11-4-2-3-5-13(11)17-9-12/h2-9,15,18H,16H2,1H3. The second kappa shape index (κ2) is 4.84. The average molecular weight is 253 g/mol. The summed E-state index contributed by atoms with van der Waals surface area (Å²) in [6, 6.07) is 13.7. The first-order valence-corrected chi connectivity index (χ1v) is 6.15. The number of aromatic nitrogens is 1. The van der Waals surface area contributed by atoms with Crippen LogP contribution in [0.5, 0.6) is 0 Å². The minimum atomic E-state index is -0.189. The number of benzene rings is 1. The van der Waals surface area contributed by atoms with Gasteiger partial charge in [0.1, 0.15) is 17.6 Å². The van der Waals surface area contributed by atoms with Gasteiger partial charge >= 0.3 is 0 Å². The summed E-state index contributed by atoms with van der Waals surface area (Å²) in [7, 11) is 0. The third-order valence-electron chi connectivity index (χ3n) is 3.16. The SMILES string of the molecule is Cc1ccc(C(NN)c2cnc3ccccc3c2)o1. The Kier molecular flexibility index (Phi) is 3.03. The molecular weight excluding hydrogens is 238 g/mol. The van der Waals surface area contributed by atoms with E-state index in [0.717, 1.165) is 28.0 Å². The maximum Gasteiger partial charge on any atom is 0.126 e. The molecule has 3 rings (SSSR count). The van der Waals surface area contributed by atoms with Gasteiger partial charge < -0.3 is 4.42 Å². The van der Waals surface area contributed by atoms with Crippen LogP contribution in [-0.2, 0) is 0 Å². The second-order valence-electron chi connectivity index (χ2n) is 4.51. The number of hydrazine groups is 1. The number of pyridine rings is 1. The van der Waals surface area contributed by atoms with Crippen LogP contribution in [0.4, 0.5) is 0 Å². The van der Waals surface area contributed by atoms with Gasteiger partial charge in [-0.1, -0.05) is 18.2 Å². The molecule has 4 heteroatoms. The Morgan fingerprint density at radius 1 is 1.21 bits per heavy atom. The van der Waals surface area contributed by atoms with Crippen LogP contribution in [0.25, 0.3) is 10.9 Å². The Hall–Kier alpha value is -2.17. The molecule has 0 aliphatic carbocycles. The summed E-state index contributed by atoms with van der Waals surface area (Å²) in [6.45, 7) is 1.91. The van der Waals surface area contributed by atoms with Gasteiger partial charge in [0.05, 0.1) is 5.52 Å². The summed E-state index contributed by atoms with van der Waals surface area (Å²) in [5.74, 6) is 7.31. The van der Waals surface area contributed by atoms with Gasteiger partial charge in [-0.2, -0.15) is 0 Å². The lowest BCUT2D eigenvalue weighted by Crippen LogP contribution is -2.28. The van der Waals surface area contributed by atoms with E-state index >= 15 is 0 Å². The number of para-hydroxylation sites is 1. The van der Waals surface area contributed by atoms with Gasteiger partial charge in [-0.15, -0.1) is 0 Å². The van der Waals surface area contributed by atoms with Crippen LogP contribution in [0, 0.1) is 6.92 Å². The minimum absolute atomic E-state index is 0.189. The van der Waals surface area contributed by atoms with Gasteiger partial charge in [0.15, 0.2) is 0 Å². The van der Waals surface area contributed by atoms with Gasteiger partial charge in [-0.25, -0.2) is 5.43 Å². The number of hydrogen-bond donors (Lipinski definition) is 2. The number of nitrogens with two attached hydrogens (primary N) is 1. The molecule has 1 unspecified atom stereocenters. The molecule has 0 spiro atoms. The van der Waals surface area contributed by atoms with Crippen molar-refractivity contribution >= 4 is 10.9 Å². The molecule has 3 aromatic rings. The molecule has 4 nitrogen and oxygen atoms in total. The Bertz CT molecular complexity index is 705. The Morgan fingerprint density at radius 2 is 2.05 bits per heavy atom. The number of aryl methyl sites for hydroxylation is 1. The smallest absolute Gasteiger partial charge is 0.126 e. The minimum Gasteiger partial charge on any atom is -0.464 e. The van der Waals surface area contributed by atoms with E-state index in [-0.39, 0.29) is 6.04 Å². The van der Waals surface area contributed by atoms with Crippen molar-refractivity contribution in [1.82, 2.24) is 10.4 Å². The molecule has 0 aliphatic rings. The van der Waals surface area contributed by atoms with E-state index in [0.29, 0.717) is 0 Å². The van der Waals surface area contributed by atoms with Crippen molar-refractivity contribution in [3.8, 4) is 0 Å². The van der Waals surface area contributed by atoms with Crippen LogP contribution in [0.3, 0.4) is 0 Å². The predicted octanol–water partition coefficient (Wildman–Crippen LogP) is 2.69. The van der Waals surface area contributed by atoms with E-state index < -0.39 is 0 Å². The van der Waals surface area contributed by atoms with Gasteiger partial charge in [0, 0.05) is 11.6 Å². The first kappa shape index (κ1) is 11.9. The number of nitrogens with one attached hydrogen (secondary N) is 1. The number of hydrogen-bond acceptors (Lipinski definition) is 4. The fourth-order valence-electron chi connectivity index (χ4n) is 2.20. The summed E-state index contributed by atoms with van der Waals surface area (Å²) in [5.41, 5.74) is 4.73. The Labute approximate surface area is 111 Å². The van der Waals surface area contributed by atoms with Crippen LogP contribution < -0.4 is 11.3 Å². The van der Waals surface area contributed by atoms with Crippen LogP contribution in [0.15, 0.2) is 53.1 Å². The molecule has 0 bridgehead atoms.